The first-order chi connectivity index (χ1) is 8.20. The van der Waals surface area contributed by atoms with E-state index in [1.165, 1.54) is 9.75 Å². The van der Waals surface area contributed by atoms with E-state index < -0.39 is 0 Å². The summed E-state index contributed by atoms with van der Waals surface area (Å²) >= 11 is 1.83. The van der Waals surface area contributed by atoms with Crippen molar-refractivity contribution in [2.24, 2.45) is 5.73 Å². The van der Waals surface area contributed by atoms with Crippen LogP contribution in [0.3, 0.4) is 0 Å². The molecule has 0 bridgehead atoms. The Balaban J connectivity index is 2.02. The van der Waals surface area contributed by atoms with Gasteiger partial charge < -0.3 is 11.1 Å². The smallest absolute Gasteiger partial charge is 0.236 e. The van der Waals surface area contributed by atoms with E-state index in [2.05, 4.69) is 29.3 Å². The average Bonchev–Trinajstić information content (AvgIpc) is 2.77. The van der Waals surface area contributed by atoms with Gasteiger partial charge >= 0.3 is 0 Å². The zero-order valence-electron chi connectivity index (χ0n) is 10.1. The molecule has 1 aromatic heterocycles. The molecule has 17 heavy (non-hydrogen) atoms. The normalized spacial score (nSPS) is 21.6. The Labute approximate surface area is 106 Å². The molecule has 2 heterocycles. The number of nitrogens with one attached hydrogen (secondary N) is 1. The molecule has 0 radical (unpaired) electrons. The third kappa shape index (κ3) is 3.06. The summed E-state index contributed by atoms with van der Waals surface area (Å²) in [4.78, 5) is 16.2. The summed E-state index contributed by atoms with van der Waals surface area (Å²) in [6.07, 6.45) is 1.07. The molecule has 0 saturated carbocycles. The van der Waals surface area contributed by atoms with Crippen molar-refractivity contribution in [1.82, 2.24) is 10.2 Å². The molecule has 1 atom stereocenters. The Morgan fingerprint density at radius 2 is 2.35 bits per heavy atom. The van der Waals surface area contributed by atoms with Crippen molar-refractivity contribution >= 4 is 17.2 Å². The Morgan fingerprint density at radius 3 is 3.00 bits per heavy atom. The maximum atomic E-state index is 11.4. The minimum atomic E-state index is -0.232. The van der Waals surface area contributed by atoms with Gasteiger partial charge in [-0.05, 0) is 18.6 Å². The number of carbonyl (C=O) groups excluding carboxylic acids is 1. The fraction of sp³-hybridized carbons (Fsp3) is 0.583. The van der Waals surface area contributed by atoms with Crippen molar-refractivity contribution in [2.75, 3.05) is 19.6 Å². The van der Waals surface area contributed by atoms with Crippen molar-refractivity contribution in [3.8, 4) is 0 Å². The van der Waals surface area contributed by atoms with Gasteiger partial charge in [-0.1, -0.05) is 6.92 Å². The highest BCUT2D eigenvalue weighted by molar-refractivity contribution is 7.11. The van der Waals surface area contributed by atoms with E-state index >= 15 is 0 Å². The molecular weight excluding hydrogens is 234 g/mol. The molecule has 3 N–H and O–H groups in total. The highest BCUT2D eigenvalue weighted by Crippen LogP contribution is 2.20. The zero-order valence-corrected chi connectivity index (χ0v) is 10.9. The Kier molecular flexibility index (Phi) is 4.15. The first-order valence-corrected chi connectivity index (χ1v) is 6.84. The molecule has 0 aromatic carbocycles. The van der Waals surface area contributed by atoms with Crippen LogP contribution < -0.4 is 11.1 Å². The Hall–Kier alpha value is -0.910. The molecule has 0 spiro atoms. The van der Waals surface area contributed by atoms with Crippen LogP contribution in [-0.2, 0) is 17.8 Å². The zero-order chi connectivity index (χ0) is 12.3. The quantitative estimate of drug-likeness (QED) is 0.825. The summed E-state index contributed by atoms with van der Waals surface area (Å²) in [5.41, 5.74) is 5.43. The van der Waals surface area contributed by atoms with Crippen molar-refractivity contribution in [3.05, 3.63) is 21.9 Å². The van der Waals surface area contributed by atoms with Crippen LogP contribution in [0.2, 0.25) is 0 Å². The van der Waals surface area contributed by atoms with Crippen LogP contribution in [0.25, 0.3) is 0 Å². The first kappa shape index (κ1) is 12.5. The van der Waals surface area contributed by atoms with E-state index in [0.717, 1.165) is 26.1 Å². The number of thiophene rings is 1. The van der Waals surface area contributed by atoms with Crippen LogP contribution in [-0.4, -0.2) is 36.5 Å². The molecule has 4 nitrogen and oxygen atoms in total. The van der Waals surface area contributed by atoms with Crippen LogP contribution in [0.5, 0.6) is 0 Å². The summed E-state index contributed by atoms with van der Waals surface area (Å²) in [6, 6.07) is 4.15. The monoisotopic (exact) mass is 253 g/mol. The van der Waals surface area contributed by atoms with Crippen molar-refractivity contribution in [3.63, 3.8) is 0 Å². The lowest BCUT2D eigenvalue weighted by molar-refractivity contribution is -0.124. The van der Waals surface area contributed by atoms with Gasteiger partial charge in [-0.15, -0.1) is 11.3 Å². The maximum absolute atomic E-state index is 11.4. The van der Waals surface area contributed by atoms with Gasteiger partial charge in [0.2, 0.25) is 5.91 Å². The molecule has 1 aliphatic heterocycles. The number of carbonyl (C=O) groups is 1. The molecule has 1 unspecified atom stereocenters. The number of primary amides is 1. The van der Waals surface area contributed by atoms with Crippen molar-refractivity contribution in [1.29, 1.82) is 0 Å². The topological polar surface area (TPSA) is 58.4 Å². The van der Waals surface area contributed by atoms with E-state index in [0.29, 0.717) is 6.54 Å². The van der Waals surface area contributed by atoms with Crippen LogP contribution in [0.15, 0.2) is 12.1 Å². The Morgan fingerprint density at radius 1 is 1.59 bits per heavy atom. The predicted octanol–water partition coefficient (Wildman–Crippen LogP) is 0.570. The van der Waals surface area contributed by atoms with Gasteiger partial charge in [-0.25, -0.2) is 0 Å². The SMILES string of the molecule is CCc1ccc(CN2CCNCC2C(N)=O)s1. The van der Waals surface area contributed by atoms with Crippen molar-refractivity contribution < 1.29 is 4.79 Å². The highest BCUT2D eigenvalue weighted by Gasteiger charge is 2.26. The van der Waals surface area contributed by atoms with Crippen LogP contribution in [0.4, 0.5) is 0 Å². The second-order valence-corrected chi connectivity index (χ2v) is 5.57. The fourth-order valence-electron chi connectivity index (χ4n) is 2.11. The summed E-state index contributed by atoms with van der Waals surface area (Å²) in [7, 11) is 0. The molecular formula is C12H19N3OS. The van der Waals surface area contributed by atoms with Gasteiger partial charge in [0.25, 0.3) is 0 Å². The largest absolute Gasteiger partial charge is 0.368 e. The molecule has 94 valence electrons. The number of piperazine rings is 1. The number of nitrogens with zero attached hydrogens (tertiary/aromatic N) is 1. The molecule has 2 rings (SSSR count). The van der Waals surface area contributed by atoms with Gasteiger partial charge in [0.1, 0.15) is 6.04 Å². The number of hydrogen-bond donors (Lipinski definition) is 2. The molecule has 1 aliphatic rings. The van der Waals surface area contributed by atoms with Gasteiger partial charge in [0.05, 0.1) is 0 Å². The van der Waals surface area contributed by atoms with Gasteiger partial charge in [0.15, 0.2) is 0 Å². The van der Waals surface area contributed by atoms with Crippen LogP contribution in [0, 0.1) is 0 Å². The molecule has 1 fully saturated rings. The van der Waals surface area contributed by atoms with Gasteiger partial charge in [-0.2, -0.15) is 0 Å². The van der Waals surface area contributed by atoms with Crippen molar-refractivity contribution in [2.45, 2.75) is 25.9 Å². The van der Waals surface area contributed by atoms with Gasteiger partial charge in [0, 0.05) is 35.9 Å². The molecule has 1 saturated heterocycles. The lowest BCUT2D eigenvalue weighted by Crippen LogP contribution is -2.56. The number of amides is 1. The van der Waals surface area contributed by atoms with E-state index in [9.17, 15) is 4.79 Å². The van der Waals surface area contributed by atoms with E-state index in [1.807, 2.05) is 11.3 Å². The number of aryl methyl sites for hydroxylation is 1. The first-order valence-electron chi connectivity index (χ1n) is 6.02. The Bertz CT molecular complexity index is 391. The molecule has 1 aromatic rings. The number of rotatable bonds is 4. The van der Waals surface area contributed by atoms with Crippen LogP contribution in [0.1, 0.15) is 16.7 Å². The predicted molar refractivity (Wildman–Crippen MR) is 70.0 cm³/mol. The fourth-order valence-corrected chi connectivity index (χ4v) is 3.10. The second-order valence-electron chi connectivity index (χ2n) is 4.31. The highest BCUT2D eigenvalue weighted by atomic mass is 32.1. The lowest BCUT2D eigenvalue weighted by atomic mass is 10.2. The maximum Gasteiger partial charge on any atom is 0.236 e. The lowest BCUT2D eigenvalue weighted by Gasteiger charge is -2.33. The third-order valence-electron chi connectivity index (χ3n) is 3.11. The number of hydrogen-bond acceptors (Lipinski definition) is 4. The van der Waals surface area contributed by atoms with Gasteiger partial charge in [-0.3, -0.25) is 9.69 Å². The summed E-state index contributed by atoms with van der Waals surface area (Å²) in [5.74, 6) is -0.232. The van der Waals surface area contributed by atoms with Crippen LogP contribution >= 0.6 is 11.3 Å². The minimum Gasteiger partial charge on any atom is -0.368 e. The average molecular weight is 253 g/mol. The summed E-state index contributed by atoms with van der Waals surface area (Å²) < 4.78 is 0. The third-order valence-corrected chi connectivity index (χ3v) is 4.32. The molecule has 1 amide bonds. The second kappa shape index (κ2) is 5.62. The molecule has 0 aliphatic carbocycles. The summed E-state index contributed by atoms with van der Waals surface area (Å²) in [5, 5.41) is 3.21. The standard InChI is InChI=1S/C12H19N3OS/c1-2-9-3-4-10(17-9)8-15-6-5-14-7-11(15)12(13)16/h3-4,11,14H,2,5-8H2,1H3,(H2,13,16). The van der Waals surface area contributed by atoms with E-state index in [1.54, 1.807) is 0 Å². The minimum absolute atomic E-state index is 0.170. The van der Waals surface area contributed by atoms with E-state index in [-0.39, 0.29) is 11.9 Å². The summed E-state index contributed by atoms with van der Waals surface area (Å²) in [6.45, 7) is 5.47. The number of nitrogens with two attached hydrogens (primary N) is 1. The van der Waals surface area contributed by atoms with E-state index in [4.69, 9.17) is 5.73 Å². The molecule has 5 heteroatoms.